The van der Waals surface area contributed by atoms with Gasteiger partial charge in [0.1, 0.15) is 22.3 Å². The summed E-state index contributed by atoms with van der Waals surface area (Å²) in [7, 11) is 0. The Kier molecular flexibility index (Phi) is 5.63. The van der Waals surface area contributed by atoms with Gasteiger partial charge in [-0.25, -0.2) is 0 Å². The lowest BCUT2D eigenvalue weighted by Crippen LogP contribution is -2.10. The predicted molar refractivity (Wildman–Crippen MR) is 208 cm³/mol. The molecule has 4 heteroatoms. The van der Waals surface area contributed by atoms with Gasteiger partial charge in [0.05, 0.1) is 22.1 Å². The molecule has 234 valence electrons. The topological polar surface area (TPSA) is 34.5 Å². The van der Waals surface area contributed by atoms with E-state index in [0.29, 0.717) is 0 Å². The molecule has 0 fully saturated rings. The van der Waals surface area contributed by atoms with Crippen LogP contribution >= 0.6 is 0 Å². The molecule has 0 amide bonds. The number of rotatable bonds is 4. The maximum absolute atomic E-state index is 6.65. The molecule has 0 N–H and O–H groups in total. The van der Waals surface area contributed by atoms with Gasteiger partial charge in [-0.2, -0.15) is 0 Å². The molecule has 0 saturated heterocycles. The van der Waals surface area contributed by atoms with E-state index < -0.39 is 0 Å². The molecule has 0 radical (unpaired) electrons. The molecule has 11 rings (SSSR count). The first kappa shape index (κ1) is 27.2. The van der Waals surface area contributed by atoms with Crippen molar-refractivity contribution < 1.29 is 8.83 Å². The maximum atomic E-state index is 6.65. The molecule has 0 aliphatic carbocycles. The van der Waals surface area contributed by atoms with Gasteiger partial charge >= 0.3 is 0 Å². The van der Waals surface area contributed by atoms with Crippen molar-refractivity contribution in [2.24, 2.45) is 0 Å². The first-order valence-electron chi connectivity index (χ1n) is 16.9. The van der Waals surface area contributed by atoms with Crippen LogP contribution in [0.2, 0.25) is 0 Å². The molecule has 3 heterocycles. The van der Waals surface area contributed by atoms with Crippen molar-refractivity contribution in [3.8, 4) is 5.69 Å². The molecule has 0 bridgehead atoms. The number of aromatic nitrogens is 1. The van der Waals surface area contributed by atoms with Crippen LogP contribution < -0.4 is 4.90 Å². The summed E-state index contributed by atoms with van der Waals surface area (Å²) in [6.45, 7) is 0. The van der Waals surface area contributed by atoms with E-state index in [1.165, 1.54) is 21.8 Å². The molecule has 0 saturated carbocycles. The normalized spacial score (nSPS) is 12.0. The summed E-state index contributed by atoms with van der Waals surface area (Å²) < 4.78 is 15.3. The van der Waals surface area contributed by atoms with Crippen LogP contribution in [-0.2, 0) is 0 Å². The summed E-state index contributed by atoms with van der Waals surface area (Å²) in [6, 6.07) is 60.1. The van der Waals surface area contributed by atoms with E-state index in [1.54, 1.807) is 0 Å². The first-order chi connectivity index (χ1) is 24.8. The number of furan rings is 2. The van der Waals surface area contributed by atoms with Crippen molar-refractivity contribution in [2.75, 3.05) is 4.90 Å². The Balaban J connectivity index is 1.16. The van der Waals surface area contributed by atoms with E-state index >= 15 is 0 Å². The monoisotopic (exact) mass is 640 g/mol. The Bertz CT molecular complexity index is 3050. The summed E-state index contributed by atoms with van der Waals surface area (Å²) in [5, 5.41) is 9.13. The minimum Gasteiger partial charge on any atom is -0.456 e. The van der Waals surface area contributed by atoms with Crippen molar-refractivity contribution in [3.63, 3.8) is 0 Å². The highest BCUT2D eigenvalue weighted by atomic mass is 16.3. The Hall–Kier alpha value is -6.78. The number of benzene rings is 8. The van der Waals surface area contributed by atoms with E-state index in [2.05, 4.69) is 167 Å². The molecule has 8 aromatic carbocycles. The minimum absolute atomic E-state index is 0.857. The Morgan fingerprint density at radius 2 is 1.04 bits per heavy atom. The van der Waals surface area contributed by atoms with Crippen LogP contribution in [-0.4, -0.2) is 4.57 Å². The van der Waals surface area contributed by atoms with Crippen LogP contribution in [0.5, 0.6) is 0 Å². The van der Waals surface area contributed by atoms with Crippen LogP contribution in [0.1, 0.15) is 0 Å². The van der Waals surface area contributed by atoms with Crippen molar-refractivity contribution in [3.05, 3.63) is 170 Å². The lowest BCUT2D eigenvalue weighted by atomic mass is 10.0. The largest absolute Gasteiger partial charge is 0.456 e. The summed E-state index contributed by atoms with van der Waals surface area (Å²) >= 11 is 0. The van der Waals surface area contributed by atoms with Crippen LogP contribution in [0.25, 0.3) is 82.1 Å². The molecule has 0 unspecified atom stereocenters. The summed E-state index contributed by atoms with van der Waals surface area (Å²) in [6.07, 6.45) is 0. The molecular weight excluding hydrogens is 613 g/mol. The van der Waals surface area contributed by atoms with Crippen molar-refractivity contribution in [2.45, 2.75) is 0 Å². The summed E-state index contributed by atoms with van der Waals surface area (Å²) in [5.41, 5.74) is 10.1. The average Bonchev–Trinajstić information content (AvgIpc) is 3.85. The smallest absolute Gasteiger partial charge is 0.143 e. The third kappa shape index (κ3) is 3.87. The fraction of sp³-hybridized carbons (Fsp3) is 0. The highest BCUT2D eigenvalue weighted by Crippen LogP contribution is 2.45. The average molecular weight is 641 g/mol. The van der Waals surface area contributed by atoms with Gasteiger partial charge in [0, 0.05) is 49.4 Å². The van der Waals surface area contributed by atoms with E-state index in [0.717, 1.165) is 77.4 Å². The van der Waals surface area contributed by atoms with Crippen molar-refractivity contribution in [1.82, 2.24) is 4.57 Å². The fourth-order valence-corrected chi connectivity index (χ4v) is 7.95. The zero-order valence-electron chi connectivity index (χ0n) is 26.9. The zero-order valence-corrected chi connectivity index (χ0v) is 26.9. The lowest BCUT2D eigenvalue weighted by molar-refractivity contribution is 0.669. The second-order valence-corrected chi connectivity index (χ2v) is 12.9. The predicted octanol–water partition coefficient (Wildman–Crippen LogP) is 13.2. The van der Waals surface area contributed by atoms with Crippen molar-refractivity contribution >= 4 is 93.5 Å². The molecule has 0 atom stereocenters. The molecule has 11 aromatic rings. The molecular formula is C46H28N2O2. The Morgan fingerprint density at radius 1 is 0.400 bits per heavy atom. The summed E-state index contributed by atoms with van der Waals surface area (Å²) in [5.74, 6) is 0. The number of para-hydroxylation sites is 3. The minimum atomic E-state index is 0.857. The molecule has 0 aliphatic heterocycles. The third-order valence-electron chi connectivity index (χ3n) is 10.2. The van der Waals surface area contributed by atoms with Gasteiger partial charge in [-0.1, -0.05) is 91.0 Å². The highest BCUT2D eigenvalue weighted by molar-refractivity contribution is 6.20. The number of anilines is 3. The van der Waals surface area contributed by atoms with Crippen LogP contribution in [0.4, 0.5) is 17.1 Å². The van der Waals surface area contributed by atoms with Crippen LogP contribution in [0, 0.1) is 0 Å². The van der Waals surface area contributed by atoms with Gasteiger partial charge in [0.15, 0.2) is 0 Å². The molecule has 3 aromatic heterocycles. The summed E-state index contributed by atoms with van der Waals surface area (Å²) in [4.78, 5) is 2.35. The molecule has 0 spiro atoms. The van der Waals surface area contributed by atoms with E-state index in [4.69, 9.17) is 8.83 Å². The van der Waals surface area contributed by atoms with Crippen LogP contribution in [0.15, 0.2) is 179 Å². The quantitative estimate of drug-likeness (QED) is 0.192. The van der Waals surface area contributed by atoms with Crippen molar-refractivity contribution in [1.29, 1.82) is 0 Å². The first-order valence-corrected chi connectivity index (χ1v) is 16.9. The third-order valence-corrected chi connectivity index (χ3v) is 10.2. The van der Waals surface area contributed by atoms with Gasteiger partial charge < -0.3 is 18.3 Å². The van der Waals surface area contributed by atoms with E-state index in [1.807, 2.05) is 12.1 Å². The van der Waals surface area contributed by atoms with Gasteiger partial charge in [0.2, 0.25) is 0 Å². The standard InChI is InChI=1S/C46H28N2O2/c1-2-11-33-29(10-1)20-26-37-45-41(17-9-19-44(45)50-46(33)37)47(32-25-27-43-38(28-32)36-14-5-8-18-42(36)49-43)30-21-23-31(24-22-30)48-39-15-6-3-12-34(39)35-13-4-7-16-40(35)48/h1-28H. The number of fused-ring (bicyclic) bond motifs is 11. The van der Waals surface area contributed by atoms with Gasteiger partial charge in [-0.15, -0.1) is 0 Å². The van der Waals surface area contributed by atoms with Crippen LogP contribution in [0.3, 0.4) is 0 Å². The number of hydrogen-bond donors (Lipinski definition) is 0. The number of nitrogens with zero attached hydrogens (tertiary/aromatic N) is 2. The zero-order chi connectivity index (χ0) is 32.8. The van der Waals surface area contributed by atoms with Gasteiger partial charge in [-0.3, -0.25) is 0 Å². The number of hydrogen-bond acceptors (Lipinski definition) is 3. The molecule has 4 nitrogen and oxygen atoms in total. The fourth-order valence-electron chi connectivity index (χ4n) is 7.95. The molecule has 0 aliphatic rings. The SMILES string of the molecule is c1ccc2c(c1)ccc1c2oc2cccc(N(c3ccc(-n4c5ccccc5c5ccccc54)cc3)c3ccc4oc5ccccc5c4c3)c21. The lowest BCUT2D eigenvalue weighted by Gasteiger charge is -2.26. The van der Waals surface area contributed by atoms with Gasteiger partial charge in [0.25, 0.3) is 0 Å². The van der Waals surface area contributed by atoms with Gasteiger partial charge in [-0.05, 0) is 84.2 Å². The molecule has 50 heavy (non-hydrogen) atoms. The Morgan fingerprint density at radius 3 is 1.84 bits per heavy atom. The second-order valence-electron chi connectivity index (χ2n) is 12.9. The van der Waals surface area contributed by atoms with E-state index in [9.17, 15) is 0 Å². The second kappa shape index (κ2) is 10.4. The highest BCUT2D eigenvalue weighted by Gasteiger charge is 2.22. The Labute approximate surface area is 286 Å². The van der Waals surface area contributed by atoms with E-state index in [-0.39, 0.29) is 0 Å². The maximum Gasteiger partial charge on any atom is 0.143 e.